The van der Waals surface area contributed by atoms with Crippen LogP contribution in [0.5, 0.6) is 0 Å². The van der Waals surface area contributed by atoms with E-state index in [4.69, 9.17) is 14.3 Å². The van der Waals surface area contributed by atoms with Crippen molar-refractivity contribution in [1.29, 1.82) is 0 Å². The molecule has 1 aromatic heterocycles. The first-order valence-corrected chi connectivity index (χ1v) is 10.8. The number of nitrogens with zero attached hydrogens (tertiary/aromatic N) is 3. The molecular weight excluding hydrogens is 408 g/mol. The number of anilines is 1. The fraction of sp³-hybridized carbons (Fsp3) is 0.550. The quantitative estimate of drug-likeness (QED) is 0.700. The van der Waals surface area contributed by atoms with Gasteiger partial charge in [-0.15, -0.1) is 0 Å². The lowest BCUT2D eigenvalue weighted by atomic mass is 10.2. The third-order valence-electron chi connectivity index (χ3n) is 4.31. The Morgan fingerprint density at radius 3 is 2.80 bits per heavy atom. The number of carbonyl (C=O) groups is 2. The maximum Gasteiger partial charge on any atom is 0.414 e. The Morgan fingerprint density at radius 1 is 1.37 bits per heavy atom. The van der Waals surface area contributed by atoms with Crippen LogP contribution in [-0.4, -0.2) is 48.2 Å². The summed E-state index contributed by atoms with van der Waals surface area (Å²) in [5.74, 6) is 0. The topological polar surface area (TPSA) is 94.4 Å². The first-order valence-electron chi connectivity index (χ1n) is 9.96. The molecular formula is C20H28N4O5S. The van der Waals surface area contributed by atoms with Gasteiger partial charge < -0.3 is 24.2 Å². The van der Waals surface area contributed by atoms with E-state index in [1.165, 1.54) is 11.3 Å². The molecule has 0 aliphatic carbocycles. The van der Waals surface area contributed by atoms with Crippen LogP contribution in [0.25, 0.3) is 10.2 Å². The first-order chi connectivity index (χ1) is 14.2. The van der Waals surface area contributed by atoms with Gasteiger partial charge in [0.2, 0.25) is 4.80 Å². The third kappa shape index (κ3) is 5.05. The highest BCUT2D eigenvalue weighted by molar-refractivity contribution is 7.16. The summed E-state index contributed by atoms with van der Waals surface area (Å²) in [6, 6.07) is 5.80. The Balaban J connectivity index is 1.73. The van der Waals surface area contributed by atoms with Crippen molar-refractivity contribution < 1.29 is 23.9 Å². The molecule has 1 fully saturated rings. The Bertz CT molecular complexity index is 991. The number of alkyl carbamates (subject to hydrolysis) is 1. The van der Waals surface area contributed by atoms with Crippen LogP contribution in [0.3, 0.4) is 0 Å². The lowest BCUT2D eigenvalue weighted by Crippen LogP contribution is -2.38. The number of thiazole rings is 1. The van der Waals surface area contributed by atoms with E-state index in [1.807, 2.05) is 32.0 Å². The first kappa shape index (κ1) is 21.9. The van der Waals surface area contributed by atoms with E-state index in [-0.39, 0.29) is 6.54 Å². The second-order valence-corrected chi connectivity index (χ2v) is 8.80. The Hall–Kier alpha value is -2.75. The molecule has 2 amide bonds. The molecule has 2 heterocycles. The van der Waals surface area contributed by atoms with E-state index in [0.717, 1.165) is 27.3 Å². The maximum atomic E-state index is 12.4. The average molecular weight is 437 g/mol. The van der Waals surface area contributed by atoms with E-state index in [1.54, 1.807) is 25.7 Å². The fourth-order valence-corrected chi connectivity index (χ4v) is 4.16. The lowest BCUT2D eigenvalue weighted by molar-refractivity contribution is 0.0496. The van der Waals surface area contributed by atoms with Gasteiger partial charge in [0.15, 0.2) is 0 Å². The van der Waals surface area contributed by atoms with Gasteiger partial charge in [-0.3, -0.25) is 4.90 Å². The Kier molecular flexibility index (Phi) is 6.55. The second kappa shape index (κ2) is 8.95. The van der Waals surface area contributed by atoms with Crippen molar-refractivity contribution in [3.05, 3.63) is 23.0 Å². The summed E-state index contributed by atoms with van der Waals surface area (Å²) >= 11 is 1.50. The predicted molar refractivity (Wildman–Crippen MR) is 115 cm³/mol. The van der Waals surface area contributed by atoms with Gasteiger partial charge in [0.05, 0.1) is 23.3 Å². The van der Waals surface area contributed by atoms with Gasteiger partial charge in [-0.25, -0.2) is 9.59 Å². The molecule has 164 valence electrons. The predicted octanol–water partition coefficient (Wildman–Crippen LogP) is 3.42. The van der Waals surface area contributed by atoms with Crippen LogP contribution in [0, 0.1) is 0 Å². The summed E-state index contributed by atoms with van der Waals surface area (Å²) in [6.07, 6.45) is -1.43. The van der Waals surface area contributed by atoms with E-state index in [2.05, 4.69) is 15.0 Å². The largest absolute Gasteiger partial charge is 0.444 e. The van der Waals surface area contributed by atoms with Crippen LogP contribution in [0.4, 0.5) is 15.3 Å². The van der Waals surface area contributed by atoms with E-state index in [0.29, 0.717) is 13.2 Å². The molecule has 0 bridgehead atoms. The molecule has 1 atom stereocenters. The SMILES string of the molecule is CCON=c1sc2cc(N3CC(CNC(=O)OC(C)(C)C)OC3=O)ccc2n1CC. The minimum atomic E-state index is -0.582. The molecule has 2 aromatic rings. The normalized spacial score (nSPS) is 17.4. The highest BCUT2D eigenvalue weighted by atomic mass is 32.1. The number of rotatable bonds is 6. The molecule has 1 unspecified atom stereocenters. The minimum absolute atomic E-state index is 0.186. The van der Waals surface area contributed by atoms with Crippen molar-refractivity contribution in [2.45, 2.75) is 52.9 Å². The molecule has 1 saturated heterocycles. The zero-order chi connectivity index (χ0) is 21.9. The zero-order valence-corrected chi connectivity index (χ0v) is 18.7. The van der Waals surface area contributed by atoms with Crippen LogP contribution in [0.2, 0.25) is 0 Å². The summed E-state index contributed by atoms with van der Waals surface area (Å²) in [7, 11) is 0. The lowest BCUT2D eigenvalue weighted by Gasteiger charge is -2.20. The van der Waals surface area contributed by atoms with Crippen molar-refractivity contribution >= 4 is 39.4 Å². The second-order valence-electron chi connectivity index (χ2n) is 7.79. The standard InChI is InChI=1S/C20H28N4O5S/c1-6-23-15-9-8-13(10-16(15)30-17(23)22-27-7-2)24-12-14(28-19(24)26)11-21-18(25)29-20(3,4)5/h8-10,14H,6-7,11-12H2,1-5H3,(H,21,25). The molecule has 0 saturated carbocycles. The number of cyclic esters (lactones) is 1. The number of benzene rings is 1. The molecule has 1 aliphatic rings. The summed E-state index contributed by atoms with van der Waals surface area (Å²) in [4.78, 5) is 31.8. The average Bonchev–Trinajstić information content (AvgIpc) is 3.22. The molecule has 10 heteroatoms. The van der Waals surface area contributed by atoms with Crippen molar-refractivity contribution in [3.8, 4) is 0 Å². The van der Waals surface area contributed by atoms with Crippen molar-refractivity contribution in [3.63, 3.8) is 0 Å². The molecule has 1 aromatic carbocycles. The van der Waals surface area contributed by atoms with Gasteiger partial charge in [-0.2, -0.15) is 0 Å². The monoisotopic (exact) mass is 436 g/mol. The highest BCUT2D eigenvalue weighted by Crippen LogP contribution is 2.27. The number of carbonyl (C=O) groups excluding carboxylic acids is 2. The number of aryl methyl sites for hydroxylation is 1. The van der Waals surface area contributed by atoms with E-state index < -0.39 is 23.9 Å². The number of nitrogens with one attached hydrogen (secondary N) is 1. The molecule has 1 aliphatic heterocycles. The number of ether oxygens (including phenoxy) is 2. The van der Waals surface area contributed by atoms with Gasteiger partial charge in [0.25, 0.3) is 0 Å². The molecule has 30 heavy (non-hydrogen) atoms. The molecule has 0 spiro atoms. The molecule has 1 N–H and O–H groups in total. The number of hydrogen-bond acceptors (Lipinski definition) is 7. The summed E-state index contributed by atoms with van der Waals surface area (Å²) in [6.45, 7) is 11.1. The Labute approximate surface area is 179 Å². The molecule has 0 radical (unpaired) electrons. The van der Waals surface area contributed by atoms with Crippen molar-refractivity contribution in [2.24, 2.45) is 5.16 Å². The van der Waals surface area contributed by atoms with Gasteiger partial charge in [-0.1, -0.05) is 16.5 Å². The summed E-state index contributed by atoms with van der Waals surface area (Å²) < 4.78 is 13.7. The van der Waals surface area contributed by atoms with Crippen LogP contribution in [0.15, 0.2) is 23.4 Å². The molecule has 9 nitrogen and oxygen atoms in total. The highest BCUT2D eigenvalue weighted by Gasteiger charge is 2.33. The number of aromatic nitrogens is 1. The maximum absolute atomic E-state index is 12.4. The Morgan fingerprint density at radius 2 is 2.13 bits per heavy atom. The van der Waals surface area contributed by atoms with Crippen molar-refractivity contribution in [2.75, 3.05) is 24.6 Å². The summed E-state index contributed by atoms with van der Waals surface area (Å²) in [5, 5.41) is 6.83. The minimum Gasteiger partial charge on any atom is -0.444 e. The van der Waals surface area contributed by atoms with E-state index >= 15 is 0 Å². The van der Waals surface area contributed by atoms with Crippen LogP contribution < -0.4 is 15.0 Å². The zero-order valence-electron chi connectivity index (χ0n) is 17.9. The van der Waals surface area contributed by atoms with Gasteiger partial charge >= 0.3 is 12.2 Å². The summed E-state index contributed by atoms with van der Waals surface area (Å²) in [5.41, 5.74) is 1.18. The molecule has 3 rings (SSSR count). The van der Waals surface area contributed by atoms with Crippen LogP contribution in [-0.2, 0) is 20.9 Å². The number of amides is 2. The van der Waals surface area contributed by atoms with Crippen LogP contribution >= 0.6 is 11.3 Å². The number of hydrogen-bond donors (Lipinski definition) is 1. The van der Waals surface area contributed by atoms with Crippen molar-refractivity contribution in [1.82, 2.24) is 9.88 Å². The van der Waals surface area contributed by atoms with Gasteiger partial charge in [0, 0.05) is 12.2 Å². The van der Waals surface area contributed by atoms with E-state index in [9.17, 15) is 9.59 Å². The third-order valence-corrected chi connectivity index (χ3v) is 5.34. The van der Waals surface area contributed by atoms with Gasteiger partial charge in [0.1, 0.15) is 18.3 Å². The smallest absolute Gasteiger partial charge is 0.414 e. The fourth-order valence-electron chi connectivity index (χ4n) is 3.08. The van der Waals surface area contributed by atoms with Gasteiger partial charge in [-0.05, 0) is 52.8 Å². The van der Waals surface area contributed by atoms with Crippen LogP contribution in [0.1, 0.15) is 34.6 Å². The number of fused-ring (bicyclic) bond motifs is 1.